The highest BCUT2D eigenvalue weighted by atomic mass is 19.1. The van der Waals surface area contributed by atoms with Gasteiger partial charge in [0.2, 0.25) is 0 Å². The van der Waals surface area contributed by atoms with Crippen LogP contribution < -0.4 is 15.2 Å². The number of nitrogens with one attached hydrogen (secondary N) is 1. The molecule has 0 atom stereocenters. The van der Waals surface area contributed by atoms with Gasteiger partial charge in [-0.2, -0.15) is 0 Å². The summed E-state index contributed by atoms with van der Waals surface area (Å²) < 4.78 is 26.4. The Morgan fingerprint density at radius 3 is 2.66 bits per heavy atom. The van der Waals surface area contributed by atoms with Gasteiger partial charge in [-0.05, 0) is 42.8 Å². The summed E-state index contributed by atoms with van der Waals surface area (Å²) in [6, 6.07) is 13.3. The molecule has 0 aliphatic heterocycles. The summed E-state index contributed by atoms with van der Waals surface area (Å²) in [6.07, 6.45) is 3.29. The minimum Gasteiger partial charge on any atom is -0.495 e. The van der Waals surface area contributed by atoms with Crippen LogP contribution in [0.2, 0.25) is 0 Å². The Morgan fingerprint density at radius 1 is 1.09 bits per heavy atom. The van der Waals surface area contributed by atoms with Gasteiger partial charge in [0.1, 0.15) is 22.8 Å². The fourth-order valence-corrected chi connectivity index (χ4v) is 3.87. The molecule has 0 fully saturated rings. The molecule has 0 bridgehead atoms. The zero-order chi connectivity index (χ0) is 22.2. The number of hydrogen-bond acceptors (Lipinski definition) is 5. The first-order valence-electron chi connectivity index (χ1n) is 10.1. The normalized spacial score (nSPS) is 11.2. The van der Waals surface area contributed by atoms with Crippen LogP contribution in [0.15, 0.2) is 65.7 Å². The van der Waals surface area contributed by atoms with Crippen molar-refractivity contribution >= 4 is 22.1 Å². The van der Waals surface area contributed by atoms with Gasteiger partial charge in [-0.25, -0.2) is 14.2 Å². The van der Waals surface area contributed by atoms with Crippen LogP contribution in [0.5, 0.6) is 11.5 Å². The van der Waals surface area contributed by atoms with Crippen LogP contribution >= 0.6 is 0 Å². The van der Waals surface area contributed by atoms with Crippen molar-refractivity contribution in [1.29, 1.82) is 0 Å². The molecule has 0 spiro atoms. The lowest BCUT2D eigenvalue weighted by molar-refractivity contribution is 0.343. The van der Waals surface area contributed by atoms with Crippen LogP contribution in [-0.4, -0.2) is 33.2 Å². The molecule has 7 nitrogen and oxygen atoms in total. The fourth-order valence-electron chi connectivity index (χ4n) is 3.87. The second-order valence-corrected chi connectivity index (χ2v) is 7.12. The molecular formula is C24H19FN4O3. The molecule has 0 radical (unpaired) electrons. The number of aromatic nitrogens is 4. The van der Waals surface area contributed by atoms with Crippen molar-refractivity contribution in [3.63, 3.8) is 0 Å². The Bertz CT molecular complexity index is 1510. The zero-order valence-corrected chi connectivity index (χ0v) is 17.4. The molecule has 2 aromatic carbocycles. The Kier molecular flexibility index (Phi) is 4.82. The number of imidazole rings is 1. The number of methoxy groups -OCH3 is 1. The maximum Gasteiger partial charge on any atom is 0.332 e. The van der Waals surface area contributed by atoms with E-state index in [4.69, 9.17) is 9.47 Å². The minimum absolute atomic E-state index is 0.318. The predicted molar refractivity (Wildman–Crippen MR) is 120 cm³/mol. The van der Waals surface area contributed by atoms with Crippen molar-refractivity contribution < 1.29 is 13.9 Å². The molecule has 0 unspecified atom stereocenters. The molecule has 3 aromatic heterocycles. The first-order chi connectivity index (χ1) is 15.6. The smallest absolute Gasteiger partial charge is 0.332 e. The van der Waals surface area contributed by atoms with Crippen molar-refractivity contribution in [3.8, 4) is 28.3 Å². The highest BCUT2D eigenvalue weighted by molar-refractivity contribution is 5.94. The lowest BCUT2D eigenvalue weighted by Gasteiger charge is -2.13. The molecule has 0 amide bonds. The molecule has 5 aromatic rings. The Balaban J connectivity index is 1.76. The van der Waals surface area contributed by atoms with Gasteiger partial charge in [0.05, 0.1) is 24.9 Å². The van der Waals surface area contributed by atoms with E-state index in [1.807, 2.05) is 25.1 Å². The predicted octanol–water partition coefficient (Wildman–Crippen LogP) is 4.48. The van der Waals surface area contributed by atoms with Crippen LogP contribution in [0, 0.1) is 5.82 Å². The van der Waals surface area contributed by atoms with E-state index in [1.165, 1.54) is 16.7 Å². The Morgan fingerprint density at radius 2 is 1.91 bits per heavy atom. The molecule has 0 aliphatic carbocycles. The third-order valence-electron chi connectivity index (χ3n) is 5.26. The Labute approximate surface area is 182 Å². The van der Waals surface area contributed by atoms with Gasteiger partial charge in [0, 0.05) is 29.4 Å². The number of nitrogens with zero attached hydrogens (tertiary/aromatic N) is 3. The quantitative estimate of drug-likeness (QED) is 0.445. The van der Waals surface area contributed by atoms with E-state index in [1.54, 1.807) is 37.7 Å². The van der Waals surface area contributed by atoms with E-state index in [9.17, 15) is 9.18 Å². The molecule has 5 rings (SSSR count). The maximum atomic E-state index is 13.4. The summed E-state index contributed by atoms with van der Waals surface area (Å²) in [6.45, 7) is 2.33. The van der Waals surface area contributed by atoms with E-state index >= 15 is 0 Å². The molecule has 0 aliphatic rings. The molecule has 0 saturated heterocycles. The summed E-state index contributed by atoms with van der Waals surface area (Å²) in [4.78, 5) is 24.4. The third-order valence-corrected chi connectivity index (χ3v) is 5.26. The molecule has 32 heavy (non-hydrogen) atoms. The van der Waals surface area contributed by atoms with Gasteiger partial charge in [0.25, 0.3) is 0 Å². The third kappa shape index (κ3) is 3.17. The van der Waals surface area contributed by atoms with Gasteiger partial charge in [-0.1, -0.05) is 12.1 Å². The number of halogens is 1. The van der Waals surface area contributed by atoms with Gasteiger partial charge in [-0.3, -0.25) is 14.5 Å². The van der Waals surface area contributed by atoms with E-state index in [0.717, 1.165) is 16.5 Å². The van der Waals surface area contributed by atoms with Crippen molar-refractivity contribution in [2.75, 3.05) is 13.7 Å². The van der Waals surface area contributed by atoms with Crippen molar-refractivity contribution in [1.82, 2.24) is 19.5 Å². The molecular weight excluding hydrogens is 411 g/mol. The molecule has 0 saturated carbocycles. The van der Waals surface area contributed by atoms with Crippen LogP contribution in [0.3, 0.4) is 0 Å². The van der Waals surface area contributed by atoms with Crippen LogP contribution in [0.1, 0.15) is 6.92 Å². The number of benzene rings is 2. The largest absolute Gasteiger partial charge is 0.495 e. The minimum atomic E-state index is -0.333. The number of aromatic amines is 1. The average molecular weight is 430 g/mol. The van der Waals surface area contributed by atoms with Crippen molar-refractivity contribution in [2.45, 2.75) is 6.92 Å². The van der Waals surface area contributed by atoms with Crippen LogP contribution in [-0.2, 0) is 0 Å². The monoisotopic (exact) mass is 430 g/mol. The van der Waals surface area contributed by atoms with Gasteiger partial charge in [-0.15, -0.1) is 0 Å². The lowest BCUT2D eigenvalue weighted by atomic mass is 10.0. The standard InChI is InChI=1S/C24H19FN4O3/c1-3-32-20-10-11-26-23-21(20)29(24(30)28-23)16-8-9-19-17(12-16)22(31-2)18(13-27-19)14-4-6-15(25)7-5-14/h4-13H,3H2,1-2H3,(H,26,28,30). The number of pyridine rings is 2. The fraction of sp³-hybridized carbons (Fsp3) is 0.125. The second kappa shape index (κ2) is 7.81. The van der Waals surface area contributed by atoms with Crippen molar-refractivity contribution in [2.24, 2.45) is 0 Å². The van der Waals surface area contributed by atoms with Gasteiger partial charge in [0.15, 0.2) is 5.65 Å². The maximum absolute atomic E-state index is 13.4. The molecule has 3 heterocycles. The second-order valence-electron chi connectivity index (χ2n) is 7.12. The number of fused-ring (bicyclic) bond motifs is 2. The lowest BCUT2D eigenvalue weighted by Crippen LogP contribution is -2.15. The molecule has 8 heteroatoms. The van der Waals surface area contributed by atoms with Gasteiger partial charge < -0.3 is 9.47 Å². The number of rotatable bonds is 5. The average Bonchev–Trinajstić information content (AvgIpc) is 3.15. The van der Waals surface area contributed by atoms with E-state index in [0.29, 0.717) is 40.5 Å². The highest BCUT2D eigenvalue weighted by Crippen LogP contribution is 2.37. The first kappa shape index (κ1) is 19.7. The zero-order valence-electron chi connectivity index (χ0n) is 17.4. The Hall–Kier alpha value is -4.20. The van der Waals surface area contributed by atoms with E-state index in [-0.39, 0.29) is 11.5 Å². The summed E-state index contributed by atoms with van der Waals surface area (Å²) in [5, 5.41) is 0.718. The number of H-pyrrole nitrogens is 1. The summed E-state index contributed by atoms with van der Waals surface area (Å²) in [5.74, 6) is 0.821. The summed E-state index contributed by atoms with van der Waals surface area (Å²) in [7, 11) is 1.57. The first-order valence-corrected chi connectivity index (χ1v) is 10.1. The molecule has 1 N–H and O–H groups in total. The van der Waals surface area contributed by atoms with Gasteiger partial charge >= 0.3 is 5.69 Å². The van der Waals surface area contributed by atoms with Crippen LogP contribution in [0.4, 0.5) is 4.39 Å². The topological polar surface area (TPSA) is 82.0 Å². The molecule has 160 valence electrons. The number of hydrogen-bond donors (Lipinski definition) is 1. The van der Waals surface area contributed by atoms with E-state index < -0.39 is 0 Å². The number of ether oxygens (including phenoxy) is 2. The van der Waals surface area contributed by atoms with Crippen molar-refractivity contribution in [3.05, 3.63) is 77.2 Å². The highest BCUT2D eigenvalue weighted by Gasteiger charge is 2.17. The van der Waals surface area contributed by atoms with E-state index in [2.05, 4.69) is 15.0 Å². The SMILES string of the molecule is CCOc1ccnc2[nH]c(=O)n(-c3ccc4ncc(-c5ccc(F)cc5)c(OC)c4c3)c12. The summed E-state index contributed by atoms with van der Waals surface area (Å²) >= 11 is 0. The van der Waals surface area contributed by atoms with Crippen LogP contribution in [0.25, 0.3) is 38.9 Å². The summed E-state index contributed by atoms with van der Waals surface area (Å²) in [5.41, 5.74) is 3.47.